The van der Waals surface area contributed by atoms with Gasteiger partial charge in [-0.2, -0.15) is 0 Å². The minimum atomic E-state index is 0.0243. The molecule has 0 atom stereocenters. The summed E-state index contributed by atoms with van der Waals surface area (Å²) in [7, 11) is 0. The van der Waals surface area contributed by atoms with Crippen molar-refractivity contribution in [3.8, 4) is 0 Å². The van der Waals surface area contributed by atoms with Gasteiger partial charge in [-0.1, -0.05) is 66.4 Å². The van der Waals surface area contributed by atoms with Crippen molar-refractivity contribution in [3.05, 3.63) is 100.0 Å². The number of nitrogens with zero attached hydrogens (tertiary/aromatic N) is 3. The second-order valence-electron chi connectivity index (χ2n) is 7.44. The van der Waals surface area contributed by atoms with Gasteiger partial charge in [-0.25, -0.2) is 9.97 Å². The Kier molecular flexibility index (Phi) is 5.57. The lowest BCUT2D eigenvalue weighted by molar-refractivity contribution is 0.596. The maximum absolute atomic E-state index is 13.5. The van der Waals surface area contributed by atoms with E-state index < -0.39 is 0 Å². The van der Waals surface area contributed by atoms with E-state index in [-0.39, 0.29) is 5.56 Å². The van der Waals surface area contributed by atoms with Crippen LogP contribution >= 0.6 is 23.1 Å². The Hall–Kier alpha value is -2.96. The van der Waals surface area contributed by atoms with E-state index in [4.69, 9.17) is 4.98 Å². The fourth-order valence-electron chi connectivity index (χ4n) is 3.65. The second-order valence-corrected chi connectivity index (χ2v) is 9.38. The molecule has 0 fully saturated rings. The monoisotopic (exact) mass is 443 g/mol. The molecule has 154 valence electrons. The molecule has 0 unspecified atom stereocenters. The first kappa shape index (κ1) is 20.0. The van der Waals surface area contributed by atoms with Gasteiger partial charge in [0.1, 0.15) is 9.53 Å². The van der Waals surface area contributed by atoms with Crippen LogP contribution in [0.4, 0.5) is 0 Å². The molecule has 31 heavy (non-hydrogen) atoms. The van der Waals surface area contributed by atoms with E-state index in [0.717, 1.165) is 33.1 Å². The molecule has 3 heterocycles. The maximum atomic E-state index is 13.5. The molecule has 0 N–H and O–H groups in total. The molecule has 0 aliphatic rings. The van der Waals surface area contributed by atoms with Crippen LogP contribution in [-0.2, 0) is 18.7 Å². The summed E-state index contributed by atoms with van der Waals surface area (Å²) in [5.74, 6) is 0.774. The molecule has 0 bridgehead atoms. The Morgan fingerprint density at radius 3 is 2.65 bits per heavy atom. The summed E-state index contributed by atoms with van der Waals surface area (Å²) in [6.45, 7) is 2.72. The number of pyridine rings is 1. The zero-order valence-corrected chi connectivity index (χ0v) is 18.7. The number of rotatable bonds is 6. The van der Waals surface area contributed by atoms with Gasteiger partial charge < -0.3 is 0 Å². The highest BCUT2D eigenvalue weighted by molar-refractivity contribution is 7.98. The average Bonchev–Trinajstić information content (AvgIpc) is 3.18. The quantitative estimate of drug-likeness (QED) is 0.244. The van der Waals surface area contributed by atoms with Crippen molar-refractivity contribution < 1.29 is 0 Å². The molecule has 5 aromatic rings. The molecule has 4 nitrogen and oxygen atoms in total. The van der Waals surface area contributed by atoms with Gasteiger partial charge in [0.25, 0.3) is 5.56 Å². The number of fused-ring (bicyclic) bond motifs is 3. The van der Waals surface area contributed by atoms with Crippen molar-refractivity contribution in [2.45, 2.75) is 30.8 Å². The minimum Gasteiger partial charge on any atom is -0.286 e. The summed E-state index contributed by atoms with van der Waals surface area (Å²) in [6.07, 6.45) is 2.55. The van der Waals surface area contributed by atoms with Gasteiger partial charge in [0.15, 0.2) is 5.16 Å². The van der Waals surface area contributed by atoms with Crippen LogP contribution in [0.2, 0.25) is 0 Å². The van der Waals surface area contributed by atoms with E-state index in [2.05, 4.69) is 42.2 Å². The van der Waals surface area contributed by atoms with Gasteiger partial charge >= 0.3 is 0 Å². The summed E-state index contributed by atoms with van der Waals surface area (Å²) in [6, 6.07) is 22.5. The molecular formula is C25H21N3OS2. The highest BCUT2D eigenvalue weighted by Crippen LogP contribution is 2.31. The van der Waals surface area contributed by atoms with Crippen molar-refractivity contribution in [1.29, 1.82) is 0 Å². The fourth-order valence-corrected chi connectivity index (χ4v) is 5.77. The number of hydrogen-bond acceptors (Lipinski definition) is 5. The van der Waals surface area contributed by atoms with Crippen LogP contribution < -0.4 is 5.56 Å². The molecule has 5 rings (SSSR count). The first-order valence-corrected chi connectivity index (χ1v) is 12.0. The van der Waals surface area contributed by atoms with Gasteiger partial charge in [0, 0.05) is 23.9 Å². The first-order chi connectivity index (χ1) is 15.2. The van der Waals surface area contributed by atoms with Gasteiger partial charge in [0.05, 0.1) is 5.52 Å². The van der Waals surface area contributed by atoms with Crippen LogP contribution in [0.1, 0.15) is 16.7 Å². The largest absolute Gasteiger partial charge is 0.286 e. The molecule has 2 aromatic carbocycles. The van der Waals surface area contributed by atoms with Crippen LogP contribution in [0.3, 0.4) is 0 Å². The normalized spacial score (nSPS) is 11.4. The summed E-state index contributed by atoms with van der Waals surface area (Å²) >= 11 is 3.06. The Balaban J connectivity index is 1.58. The summed E-state index contributed by atoms with van der Waals surface area (Å²) < 4.78 is 2.52. The average molecular weight is 444 g/mol. The van der Waals surface area contributed by atoms with Crippen LogP contribution in [0.5, 0.6) is 0 Å². The molecule has 6 heteroatoms. The summed E-state index contributed by atoms with van der Waals surface area (Å²) in [4.78, 5) is 23.8. The van der Waals surface area contributed by atoms with Gasteiger partial charge in [-0.15, -0.1) is 11.3 Å². The fraction of sp³-hybridized carbons (Fsp3) is 0.160. The minimum absolute atomic E-state index is 0.0243. The number of aromatic nitrogens is 3. The standard InChI is InChI=1S/C25H21N3OS2/c1-17-8-5-6-11-19(17)16-30-25-27-21-20-12-7-14-26-23(20)31-22(21)24(29)28(25)15-13-18-9-3-2-4-10-18/h2-12,14H,13,15-16H2,1H3. The maximum Gasteiger partial charge on any atom is 0.272 e. The van der Waals surface area contributed by atoms with Crippen LogP contribution in [-0.4, -0.2) is 14.5 Å². The highest BCUT2D eigenvalue weighted by atomic mass is 32.2. The van der Waals surface area contributed by atoms with E-state index in [1.165, 1.54) is 28.0 Å². The molecule has 0 saturated carbocycles. The lowest BCUT2D eigenvalue weighted by Crippen LogP contribution is -2.23. The topological polar surface area (TPSA) is 47.8 Å². The number of aryl methyl sites for hydroxylation is 2. The Morgan fingerprint density at radius 2 is 1.81 bits per heavy atom. The summed E-state index contributed by atoms with van der Waals surface area (Å²) in [5.41, 5.74) is 4.51. The van der Waals surface area contributed by atoms with Crippen molar-refractivity contribution >= 4 is 43.5 Å². The van der Waals surface area contributed by atoms with E-state index in [9.17, 15) is 4.79 Å². The van der Waals surface area contributed by atoms with Gasteiger partial charge in [-0.05, 0) is 42.2 Å². The number of benzene rings is 2. The van der Waals surface area contributed by atoms with Gasteiger partial charge in [0.2, 0.25) is 0 Å². The molecule has 0 amide bonds. The molecule has 0 radical (unpaired) electrons. The molecule has 0 spiro atoms. The molecule has 0 aliphatic carbocycles. The van der Waals surface area contributed by atoms with E-state index in [1.54, 1.807) is 18.0 Å². The Bertz CT molecular complexity index is 1420. The predicted molar refractivity (Wildman–Crippen MR) is 130 cm³/mol. The van der Waals surface area contributed by atoms with Crippen molar-refractivity contribution in [3.63, 3.8) is 0 Å². The van der Waals surface area contributed by atoms with Crippen molar-refractivity contribution in [2.24, 2.45) is 0 Å². The van der Waals surface area contributed by atoms with Crippen molar-refractivity contribution in [2.75, 3.05) is 0 Å². The van der Waals surface area contributed by atoms with Crippen LogP contribution in [0.15, 0.2) is 82.9 Å². The van der Waals surface area contributed by atoms with Crippen LogP contribution in [0, 0.1) is 6.92 Å². The van der Waals surface area contributed by atoms with E-state index >= 15 is 0 Å². The zero-order chi connectivity index (χ0) is 21.2. The highest BCUT2D eigenvalue weighted by Gasteiger charge is 2.17. The Labute approximate surface area is 188 Å². The van der Waals surface area contributed by atoms with E-state index in [1.807, 2.05) is 41.0 Å². The first-order valence-electron chi connectivity index (χ1n) is 10.2. The SMILES string of the molecule is Cc1ccccc1CSc1nc2c(sc3ncccc32)c(=O)n1CCc1ccccc1. The third-order valence-electron chi connectivity index (χ3n) is 5.40. The second kappa shape index (κ2) is 8.65. The third kappa shape index (κ3) is 4.01. The Morgan fingerprint density at radius 1 is 1.00 bits per heavy atom. The summed E-state index contributed by atoms with van der Waals surface area (Å²) in [5, 5.41) is 1.72. The third-order valence-corrected chi connectivity index (χ3v) is 7.52. The number of hydrogen-bond donors (Lipinski definition) is 0. The lowest BCUT2D eigenvalue weighted by atomic mass is 10.1. The van der Waals surface area contributed by atoms with Gasteiger partial charge in [-0.3, -0.25) is 9.36 Å². The zero-order valence-electron chi connectivity index (χ0n) is 17.1. The number of thiophene rings is 1. The molecular weight excluding hydrogens is 422 g/mol. The lowest BCUT2D eigenvalue weighted by Gasteiger charge is -2.13. The smallest absolute Gasteiger partial charge is 0.272 e. The van der Waals surface area contributed by atoms with Crippen LogP contribution in [0.25, 0.3) is 20.4 Å². The van der Waals surface area contributed by atoms with Crippen molar-refractivity contribution in [1.82, 2.24) is 14.5 Å². The number of thioether (sulfide) groups is 1. The predicted octanol–water partition coefficient (Wildman–Crippen LogP) is 5.85. The molecule has 0 saturated heterocycles. The molecule has 3 aromatic heterocycles. The van der Waals surface area contributed by atoms with E-state index in [0.29, 0.717) is 11.2 Å². The molecule has 0 aliphatic heterocycles.